The first kappa shape index (κ1) is 24.0. The zero-order valence-electron chi connectivity index (χ0n) is 16.6. The summed E-state index contributed by atoms with van der Waals surface area (Å²) in [5.74, 6) is 0.622. The molecule has 0 atom stereocenters. The van der Waals surface area contributed by atoms with Gasteiger partial charge in [0.05, 0.1) is 50.8 Å². The van der Waals surface area contributed by atoms with Gasteiger partial charge in [-0.25, -0.2) is 0 Å². The molecule has 0 fully saturated rings. The van der Waals surface area contributed by atoms with Gasteiger partial charge in [-0.15, -0.1) is 0 Å². The second-order valence-corrected chi connectivity index (χ2v) is 5.48. The first-order valence-corrected chi connectivity index (χ1v) is 9.41. The maximum absolute atomic E-state index is 11.4. The summed E-state index contributed by atoms with van der Waals surface area (Å²) in [5.41, 5.74) is 0.597. The fourth-order valence-electron chi connectivity index (χ4n) is 2.18. The van der Waals surface area contributed by atoms with Gasteiger partial charge >= 0.3 is 0 Å². The average molecular weight is 398 g/mol. The summed E-state index contributed by atoms with van der Waals surface area (Å²) in [7, 11) is 0. The quantitative estimate of drug-likeness (QED) is 0.275. The molecule has 0 saturated heterocycles. The highest BCUT2D eigenvalue weighted by molar-refractivity contribution is 5.87. The molecule has 1 rings (SSSR count). The number of aldehydes is 2. The van der Waals surface area contributed by atoms with Gasteiger partial charge in [-0.1, -0.05) is 0 Å². The zero-order valence-corrected chi connectivity index (χ0v) is 16.6. The lowest BCUT2D eigenvalue weighted by molar-refractivity contribution is 0.0399. The molecule has 8 nitrogen and oxygen atoms in total. The van der Waals surface area contributed by atoms with Crippen LogP contribution >= 0.6 is 0 Å². The normalized spacial score (nSPS) is 10.6. The summed E-state index contributed by atoms with van der Waals surface area (Å²) in [5, 5.41) is 0. The van der Waals surface area contributed by atoms with Crippen LogP contribution in [0.4, 0.5) is 0 Å². The maximum atomic E-state index is 11.4. The molecule has 0 spiro atoms. The van der Waals surface area contributed by atoms with E-state index in [1.54, 1.807) is 0 Å². The molecule has 0 aromatic heterocycles. The van der Waals surface area contributed by atoms with Crippen molar-refractivity contribution in [3.8, 4) is 11.5 Å². The Morgan fingerprint density at radius 2 is 0.964 bits per heavy atom. The molecular weight excluding hydrogens is 368 g/mol. The molecule has 158 valence electrons. The van der Waals surface area contributed by atoms with Crippen LogP contribution in [0.2, 0.25) is 0 Å². The summed E-state index contributed by atoms with van der Waals surface area (Å²) in [6.07, 6.45) is 1.32. The molecule has 1 aromatic rings. The van der Waals surface area contributed by atoms with Crippen molar-refractivity contribution in [3.63, 3.8) is 0 Å². The van der Waals surface area contributed by atoms with E-state index in [1.165, 1.54) is 12.1 Å². The number of benzene rings is 1. The third-order valence-electron chi connectivity index (χ3n) is 3.52. The molecule has 0 heterocycles. The van der Waals surface area contributed by atoms with Crippen LogP contribution in [0.3, 0.4) is 0 Å². The predicted molar refractivity (Wildman–Crippen MR) is 103 cm³/mol. The van der Waals surface area contributed by atoms with Crippen molar-refractivity contribution >= 4 is 12.6 Å². The largest absolute Gasteiger partial charge is 0.490 e. The highest BCUT2D eigenvalue weighted by Gasteiger charge is 2.12. The Balaban J connectivity index is 2.48. The maximum Gasteiger partial charge on any atom is 0.153 e. The van der Waals surface area contributed by atoms with E-state index in [9.17, 15) is 9.59 Å². The van der Waals surface area contributed by atoms with Crippen molar-refractivity contribution in [2.75, 3.05) is 66.1 Å². The van der Waals surface area contributed by atoms with E-state index in [-0.39, 0.29) is 13.2 Å². The lowest BCUT2D eigenvalue weighted by atomic mass is 10.1. The summed E-state index contributed by atoms with van der Waals surface area (Å²) >= 11 is 0. The van der Waals surface area contributed by atoms with Crippen LogP contribution in [0.25, 0.3) is 0 Å². The molecule has 0 saturated carbocycles. The Kier molecular flexibility index (Phi) is 13.7. The SMILES string of the molecule is CCOCCOCCOc1cc(C=O)c(OCCOCCOCC)cc1C=O. The van der Waals surface area contributed by atoms with Gasteiger partial charge in [0, 0.05) is 13.2 Å². The van der Waals surface area contributed by atoms with Gasteiger partial charge in [0.25, 0.3) is 0 Å². The zero-order chi connectivity index (χ0) is 20.5. The number of hydrogen-bond acceptors (Lipinski definition) is 8. The monoisotopic (exact) mass is 398 g/mol. The third kappa shape index (κ3) is 9.80. The lowest BCUT2D eigenvalue weighted by Gasteiger charge is -2.13. The minimum absolute atomic E-state index is 0.249. The standard InChI is InChI=1S/C20H30O8/c1-3-23-5-7-25-9-11-27-19-13-18(16-22)20(14-17(19)15-21)28-12-10-26-8-6-24-4-2/h13-16H,3-12H2,1-2H3. The van der Waals surface area contributed by atoms with Gasteiger partial charge in [0.15, 0.2) is 12.6 Å². The fourth-order valence-corrected chi connectivity index (χ4v) is 2.18. The van der Waals surface area contributed by atoms with E-state index in [0.29, 0.717) is 88.1 Å². The van der Waals surface area contributed by atoms with Crippen molar-refractivity contribution in [3.05, 3.63) is 23.3 Å². The minimum Gasteiger partial charge on any atom is -0.490 e. The number of carbonyl (C=O) groups is 2. The van der Waals surface area contributed by atoms with Gasteiger partial charge in [0.2, 0.25) is 0 Å². The first-order chi connectivity index (χ1) is 13.8. The molecule has 1 aromatic carbocycles. The van der Waals surface area contributed by atoms with Crippen molar-refractivity contribution in [1.29, 1.82) is 0 Å². The van der Waals surface area contributed by atoms with Crippen molar-refractivity contribution in [2.24, 2.45) is 0 Å². The molecule has 0 N–H and O–H groups in total. The molecule has 0 amide bonds. The van der Waals surface area contributed by atoms with E-state index in [4.69, 9.17) is 28.4 Å². The van der Waals surface area contributed by atoms with Crippen LogP contribution in [0.15, 0.2) is 12.1 Å². The number of hydrogen-bond donors (Lipinski definition) is 0. The Morgan fingerprint density at radius 1 is 0.607 bits per heavy atom. The van der Waals surface area contributed by atoms with Crippen molar-refractivity contribution in [1.82, 2.24) is 0 Å². The lowest BCUT2D eigenvalue weighted by Crippen LogP contribution is -2.13. The smallest absolute Gasteiger partial charge is 0.153 e. The highest BCUT2D eigenvalue weighted by atomic mass is 16.5. The topological polar surface area (TPSA) is 89.5 Å². The van der Waals surface area contributed by atoms with Crippen LogP contribution in [-0.2, 0) is 18.9 Å². The van der Waals surface area contributed by atoms with Crippen LogP contribution in [0.1, 0.15) is 34.6 Å². The fraction of sp³-hybridized carbons (Fsp3) is 0.600. The number of ether oxygens (including phenoxy) is 6. The third-order valence-corrected chi connectivity index (χ3v) is 3.52. The van der Waals surface area contributed by atoms with Crippen LogP contribution in [-0.4, -0.2) is 78.6 Å². The minimum atomic E-state index is 0.249. The Hall–Kier alpha value is -2.00. The summed E-state index contributed by atoms with van der Waals surface area (Å²) in [6, 6.07) is 2.98. The Bertz CT molecular complexity index is 512. The summed E-state index contributed by atoms with van der Waals surface area (Å²) < 4.78 is 32.2. The van der Waals surface area contributed by atoms with Gasteiger partial charge < -0.3 is 28.4 Å². The molecule has 8 heteroatoms. The van der Waals surface area contributed by atoms with Crippen molar-refractivity contribution < 1.29 is 38.0 Å². The van der Waals surface area contributed by atoms with E-state index < -0.39 is 0 Å². The van der Waals surface area contributed by atoms with E-state index in [2.05, 4.69) is 0 Å². The number of carbonyl (C=O) groups excluding carboxylic acids is 2. The molecule has 0 aliphatic heterocycles. The van der Waals surface area contributed by atoms with Crippen LogP contribution in [0, 0.1) is 0 Å². The molecular formula is C20H30O8. The summed E-state index contributed by atoms with van der Waals surface area (Å²) in [6.45, 7) is 8.29. The summed E-state index contributed by atoms with van der Waals surface area (Å²) in [4.78, 5) is 22.7. The van der Waals surface area contributed by atoms with Crippen LogP contribution in [0.5, 0.6) is 11.5 Å². The van der Waals surface area contributed by atoms with E-state index in [1.807, 2.05) is 13.8 Å². The molecule has 0 unspecified atom stereocenters. The second-order valence-electron chi connectivity index (χ2n) is 5.48. The average Bonchev–Trinajstić information content (AvgIpc) is 2.72. The highest BCUT2D eigenvalue weighted by Crippen LogP contribution is 2.27. The predicted octanol–water partition coefficient (Wildman–Crippen LogP) is 2.18. The molecule has 0 aliphatic carbocycles. The molecule has 28 heavy (non-hydrogen) atoms. The van der Waals surface area contributed by atoms with Crippen molar-refractivity contribution in [2.45, 2.75) is 13.8 Å². The second kappa shape index (κ2) is 16.0. The van der Waals surface area contributed by atoms with E-state index >= 15 is 0 Å². The first-order valence-electron chi connectivity index (χ1n) is 9.41. The van der Waals surface area contributed by atoms with Gasteiger partial charge in [-0.3, -0.25) is 9.59 Å². The number of rotatable bonds is 18. The Morgan fingerprint density at radius 3 is 1.32 bits per heavy atom. The van der Waals surface area contributed by atoms with E-state index in [0.717, 1.165) is 0 Å². The van der Waals surface area contributed by atoms with Gasteiger partial charge in [-0.05, 0) is 26.0 Å². The van der Waals surface area contributed by atoms with Gasteiger partial charge in [0.1, 0.15) is 24.7 Å². The van der Waals surface area contributed by atoms with Crippen LogP contribution < -0.4 is 9.47 Å². The molecule has 0 radical (unpaired) electrons. The molecule has 0 bridgehead atoms. The molecule has 0 aliphatic rings. The van der Waals surface area contributed by atoms with Gasteiger partial charge in [-0.2, -0.15) is 0 Å². The Labute approximate surface area is 166 Å².